The first-order valence-corrected chi connectivity index (χ1v) is 6.81. The van der Waals surface area contributed by atoms with E-state index in [1.807, 2.05) is 0 Å². The summed E-state index contributed by atoms with van der Waals surface area (Å²) in [4.78, 5) is 0. The quantitative estimate of drug-likeness (QED) is 0.735. The van der Waals surface area contributed by atoms with Crippen LogP contribution >= 0.6 is 3.48 Å². The van der Waals surface area contributed by atoms with Gasteiger partial charge < -0.3 is 0 Å². The molecule has 0 saturated carbocycles. The molecule has 0 aromatic heterocycles. The first-order valence-electron chi connectivity index (χ1n) is 3.27. The van der Waals surface area contributed by atoms with E-state index in [-0.39, 0.29) is 3.48 Å². The summed E-state index contributed by atoms with van der Waals surface area (Å²) < 4.78 is -0.0401. The predicted molar refractivity (Wildman–Crippen MR) is 43.5 cm³/mol. The van der Waals surface area contributed by atoms with Crippen molar-refractivity contribution in [1.29, 1.82) is 0 Å². The number of rotatable bonds is 2. The van der Waals surface area contributed by atoms with Crippen LogP contribution in [-0.4, -0.2) is 6.16 Å². The van der Waals surface area contributed by atoms with Crippen LogP contribution in [0.1, 0.15) is 6.92 Å². The van der Waals surface area contributed by atoms with Crippen LogP contribution in [0.25, 0.3) is 0 Å². The normalized spacial score (nSPS) is 13.1. The van der Waals surface area contributed by atoms with Crippen LogP contribution in [0.15, 0.2) is 30.3 Å². The second-order valence-corrected chi connectivity index (χ2v) is 6.38. The second kappa shape index (κ2) is 4.70. The molecule has 0 aliphatic carbocycles. The van der Waals surface area contributed by atoms with Crippen LogP contribution in [-0.2, 0) is 0 Å². The summed E-state index contributed by atoms with van der Waals surface area (Å²) in [5.74, 6) is 0. The molecule has 0 amide bonds. The minimum atomic E-state index is -0.0401. The molecular weight excluding hydrogens is 302 g/mol. The molecule has 1 atom stereocenters. The Morgan fingerprint density at radius 3 is 2.40 bits per heavy atom. The van der Waals surface area contributed by atoms with E-state index >= 15 is 0 Å². The van der Waals surface area contributed by atoms with Crippen LogP contribution in [0, 0.1) is 34.2 Å². The SMILES string of the molecule is CC[P]([Lu])c1ccccc1. The molecule has 1 unspecified atom stereocenters. The van der Waals surface area contributed by atoms with Gasteiger partial charge in [0.05, 0.1) is 0 Å². The molecule has 1 aromatic carbocycles. The van der Waals surface area contributed by atoms with Gasteiger partial charge in [0.25, 0.3) is 0 Å². The van der Waals surface area contributed by atoms with E-state index in [0.29, 0.717) is 0 Å². The molecular formula is C8H10LuP. The first kappa shape index (κ1) is 8.98. The summed E-state index contributed by atoms with van der Waals surface area (Å²) in [6, 6.07) is 10.6. The van der Waals surface area contributed by atoms with Crippen LogP contribution in [0.5, 0.6) is 0 Å². The molecule has 62 valence electrons. The van der Waals surface area contributed by atoms with Crippen LogP contribution in [0.2, 0.25) is 0 Å². The number of hydrogen-bond acceptors (Lipinski definition) is 0. The summed E-state index contributed by atoms with van der Waals surface area (Å²) in [6.45, 7) is 2.21. The van der Waals surface area contributed by atoms with E-state index < -0.39 is 0 Å². The van der Waals surface area contributed by atoms with E-state index in [2.05, 4.69) is 71.5 Å². The molecule has 0 fully saturated rings. The zero-order valence-corrected chi connectivity index (χ0v) is 8.35. The topological polar surface area (TPSA) is 0 Å². The molecule has 10 heavy (non-hydrogen) atoms. The Morgan fingerprint density at radius 1 is 1.30 bits per heavy atom. The van der Waals surface area contributed by atoms with Crippen molar-refractivity contribution < 1.29 is 34.2 Å². The van der Waals surface area contributed by atoms with Gasteiger partial charge in [-0.1, -0.05) is 0 Å². The van der Waals surface area contributed by atoms with Gasteiger partial charge in [-0.2, -0.15) is 0 Å². The van der Waals surface area contributed by atoms with Crippen molar-refractivity contribution in [2.75, 3.05) is 6.16 Å². The Bertz CT molecular complexity index is 186. The van der Waals surface area contributed by atoms with Crippen molar-refractivity contribution in [3.63, 3.8) is 0 Å². The maximum atomic E-state index is 3.50. The fourth-order valence-corrected chi connectivity index (χ4v) is 2.32. The Labute approximate surface area is 85.6 Å². The summed E-state index contributed by atoms with van der Waals surface area (Å²) in [5.41, 5.74) is 0. The van der Waals surface area contributed by atoms with Crippen molar-refractivity contribution in [2.24, 2.45) is 0 Å². The average molecular weight is 312 g/mol. The summed E-state index contributed by atoms with van der Waals surface area (Å²) >= 11 is 3.50. The van der Waals surface area contributed by atoms with Gasteiger partial charge in [-0.25, -0.2) is 0 Å². The van der Waals surface area contributed by atoms with Gasteiger partial charge in [-0.15, -0.1) is 0 Å². The number of benzene rings is 1. The molecule has 0 spiro atoms. The molecule has 0 aliphatic heterocycles. The zero-order chi connectivity index (χ0) is 7.40. The molecule has 1 aromatic rings. The Kier molecular flexibility index (Phi) is 4.22. The molecule has 0 heterocycles. The summed E-state index contributed by atoms with van der Waals surface area (Å²) in [5, 5.41) is 1.44. The molecule has 0 N–H and O–H groups in total. The Balaban J connectivity index is 2.75. The average Bonchev–Trinajstić information content (AvgIpc) is 2.05. The van der Waals surface area contributed by atoms with Crippen LogP contribution in [0.4, 0.5) is 0 Å². The Hall–Kier alpha value is 0.884. The van der Waals surface area contributed by atoms with E-state index in [1.165, 1.54) is 11.5 Å². The van der Waals surface area contributed by atoms with Gasteiger partial charge in [-0.3, -0.25) is 0 Å². The summed E-state index contributed by atoms with van der Waals surface area (Å²) in [6.07, 6.45) is 1.22. The monoisotopic (exact) mass is 312 g/mol. The van der Waals surface area contributed by atoms with Crippen LogP contribution < -0.4 is 5.30 Å². The van der Waals surface area contributed by atoms with Gasteiger partial charge in [0.15, 0.2) is 0 Å². The third kappa shape index (κ3) is 2.49. The van der Waals surface area contributed by atoms with E-state index in [9.17, 15) is 0 Å². The van der Waals surface area contributed by atoms with Crippen molar-refractivity contribution in [3.8, 4) is 0 Å². The van der Waals surface area contributed by atoms with Gasteiger partial charge in [0, 0.05) is 0 Å². The van der Waals surface area contributed by atoms with Gasteiger partial charge in [-0.05, 0) is 0 Å². The molecule has 1 rings (SSSR count). The fourth-order valence-electron chi connectivity index (χ4n) is 0.754. The van der Waals surface area contributed by atoms with Crippen molar-refractivity contribution in [1.82, 2.24) is 0 Å². The molecule has 0 saturated heterocycles. The first-order chi connectivity index (χ1) is 4.84. The second-order valence-electron chi connectivity index (χ2n) is 1.95. The maximum absolute atomic E-state index is 3.50. The Morgan fingerprint density at radius 2 is 1.90 bits per heavy atom. The molecule has 0 bridgehead atoms. The molecule has 0 aliphatic rings. The van der Waals surface area contributed by atoms with Crippen molar-refractivity contribution >= 4 is 8.78 Å². The van der Waals surface area contributed by atoms with Gasteiger partial charge in [0.1, 0.15) is 0 Å². The van der Waals surface area contributed by atoms with Gasteiger partial charge in [0.2, 0.25) is 0 Å². The van der Waals surface area contributed by atoms with E-state index in [1.54, 1.807) is 0 Å². The van der Waals surface area contributed by atoms with Gasteiger partial charge >= 0.3 is 86.4 Å². The van der Waals surface area contributed by atoms with Crippen molar-refractivity contribution in [3.05, 3.63) is 30.3 Å². The van der Waals surface area contributed by atoms with Crippen molar-refractivity contribution in [2.45, 2.75) is 6.92 Å². The molecule has 0 nitrogen and oxygen atoms in total. The van der Waals surface area contributed by atoms with E-state index in [4.69, 9.17) is 0 Å². The molecule has 2 heteroatoms. The summed E-state index contributed by atoms with van der Waals surface area (Å²) in [7, 11) is 0. The van der Waals surface area contributed by atoms with E-state index in [0.717, 1.165) is 0 Å². The standard InChI is InChI=1S/C8H10P.Lu/c1-2-9-8-6-4-3-5-7-8;/h3-7H,2H2,1H3;/q-1;+1. The van der Waals surface area contributed by atoms with Crippen LogP contribution in [0.3, 0.4) is 0 Å². The predicted octanol–water partition coefficient (Wildman–Crippen LogP) is 2.28. The minimum absolute atomic E-state index is 0.0401. The third-order valence-corrected chi connectivity index (χ3v) is 5.38. The zero-order valence-electron chi connectivity index (χ0n) is 5.80. The number of hydrogen-bond donors (Lipinski definition) is 0. The third-order valence-electron chi connectivity index (χ3n) is 1.25. The fraction of sp³-hybridized carbons (Fsp3) is 0.250. The molecule has 0 radical (unpaired) electrons.